The van der Waals surface area contributed by atoms with Crippen LogP contribution in [-0.2, 0) is 35.7 Å². The lowest BCUT2D eigenvalue weighted by molar-refractivity contribution is -0.142. The highest BCUT2D eigenvalue weighted by molar-refractivity contribution is 7.91. The van der Waals surface area contributed by atoms with Crippen LogP contribution in [0.25, 0.3) is 10.8 Å². The molecule has 3 N–H and O–H groups in total. The summed E-state index contributed by atoms with van der Waals surface area (Å²) in [6.45, 7) is 7.32. The van der Waals surface area contributed by atoms with E-state index in [1.807, 2.05) is 36.4 Å². The molecule has 0 spiro atoms. The van der Waals surface area contributed by atoms with E-state index in [-0.39, 0.29) is 30.1 Å². The summed E-state index contributed by atoms with van der Waals surface area (Å²) in [5.74, 6) is -1.56. The number of hydrogen-bond acceptors (Lipinski definition) is 9. The van der Waals surface area contributed by atoms with Gasteiger partial charge in [0.25, 0.3) is 5.91 Å². The molecule has 292 valence electrons. The second-order valence-corrected chi connectivity index (χ2v) is 18.7. The first kappa shape index (κ1) is 38.1. The molecule has 54 heavy (non-hydrogen) atoms. The molecule has 3 aliphatic heterocycles. The third kappa shape index (κ3) is 8.10. The van der Waals surface area contributed by atoms with E-state index in [2.05, 4.69) is 32.4 Å². The van der Waals surface area contributed by atoms with E-state index >= 15 is 0 Å². The van der Waals surface area contributed by atoms with Gasteiger partial charge in [0, 0.05) is 38.0 Å². The largest absolute Gasteiger partial charge is 0.497 e. The molecule has 6 atom stereocenters. The molecule has 0 unspecified atom stereocenters. The summed E-state index contributed by atoms with van der Waals surface area (Å²) in [6.07, 6.45) is 7.84. The number of hydrogen-bond donors (Lipinski definition) is 3. The molecule has 13 nitrogen and oxygen atoms in total. The first-order valence-electron chi connectivity index (χ1n) is 19.3. The molecule has 2 saturated carbocycles. The highest BCUT2D eigenvalue weighted by Crippen LogP contribution is 2.47. The van der Waals surface area contributed by atoms with Gasteiger partial charge in [0.15, 0.2) is 0 Å². The highest BCUT2D eigenvalue weighted by Gasteiger charge is 2.63. The fourth-order valence-corrected chi connectivity index (χ4v) is 9.96. The van der Waals surface area contributed by atoms with Crippen LogP contribution in [0.3, 0.4) is 0 Å². The quantitative estimate of drug-likeness (QED) is 0.354. The van der Waals surface area contributed by atoms with Gasteiger partial charge in [-0.1, -0.05) is 49.3 Å². The summed E-state index contributed by atoms with van der Waals surface area (Å²) in [7, 11) is -2.22. The smallest absolute Gasteiger partial charge is 0.408 e. The van der Waals surface area contributed by atoms with Crippen molar-refractivity contribution in [3.63, 3.8) is 0 Å². The Labute approximate surface area is 317 Å². The lowest BCUT2D eigenvalue weighted by Gasteiger charge is -2.33. The van der Waals surface area contributed by atoms with E-state index in [0.29, 0.717) is 51.9 Å². The Bertz CT molecular complexity index is 1940. The minimum absolute atomic E-state index is 0.0578. The van der Waals surface area contributed by atoms with Gasteiger partial charge in [0.1, 0.15) is 29.0 Å². The van der Waals surface area contributed by atoms with Gasteiger partial charge < -0.3 is 25.0 Å². The molecule has 2 saturated heterocycles. The second-order valence-electron chi connectivity index (χ2n) is 16.8. The van der Waals surface area contributed by atoms with Gasteiger partial charge in [-0.25, -0.2) is 13.2 Å². The number of nitrogens with one attached hydrogen (secondary N) is 3. The summed E-state index contributed by atoms with van der Waals surface area (Å²) in [4.78, 5) is 60.1. The summed E-state index contributed by atoms with van der Waals surface area (Å²) < 4.78 is 39.3. The SMILES string of the molecule is COc1cc(CN2C[C@H]3CN4C(=O)[C@H](NC(=O)OC(C)(C)C)CCCCC/C=C\[C@H]5C[C@@]5(C(=O)NS(=O)(=O)C5CC5)NC(=O)[C@@H]4[C@H]3C2)c2ccccc2c1. The Morgan fingerprint density at radius 3 is 2.54 bits per heavy atom. The van der Waals surface area contributed by atoms with Crippen LogP contribution in [0.1, 0.15) is 77.7 Å². The zero-order valence-electron chi connectivity index (χ0n) is 31.6. The maximum absolute atomic E-state index is 14.7. The van der Waals surface area contributed by atoms with Gasteiger partial charge in [-0.2, -0.15) is 0 Å². The van der Waals surface area contributed by atoms with Crippen molar-refractivity contribution in [1.29, 1.82) is 0 Å². The molecular weight excluding hydrogens is 711 g/mol. The van der Waals surface area contributed by atoms with Crippen molar-refractivity contribution in [3.05, 3.63) is 54.1 Å². The number of methoxy groups -OCH3 is 1. The Morgan fingerprint density at radius 2 is 1.80 bits per heavy atom. The molecular formula is C40H53N5O8S. The summed E-state index contributed by atoms with van der Waals surface area (Å²) >= 11 is 0. The Balaban J connectivity index is 1.19. The first-order valence-corrected chi connectivity index (χ1v) is 20.8. The predicted octanol–water partition coefficient (Wildman–Crippen LogP) is 4.00. The average molecular weight is 764 g/mol. The van der Waals surface area contributed by atoms with Gasteiger partial charge in [-0.15, -0.1) is 0 Å². The molecule has 2 aliphatic carbocycles. The van der Waals surface area contributed by atoms with Crippen LogP contribution in [0.4, 0.5) is 4.79 Å². The lowest BCUT2D eigenvalue weighted by atomic mass is 9.93. The number of rotatable bonds is 7. The van der Waals surface area contributed by atoms with E-state index in [4.69, 9.17) is 9.47 Å². The minimum Gasteiger partial charge on any atom is -0.497 e. The van der Waals surface area contributed by atoms with E-state index < -0.39 is 56.4 Å². The van der Waals surface area contributed by atoms with Crippen molar-refractivity contribution in [2.45, 2.75) is 107 Å². The van der Waals surface area contributed by atoms with E-state index in [9.17, 15) is 27.6 Å². The standard InChI is InChI=1S/C40H53N5O8S/c1-39(2,3)53-38(49)41-33-15-9-7-5-6-8-13-28-20-40(28,37(48)43-54(50,51)30-16-17-30)42-35(46)34-32-24-44(22-27(32)23-45(34)36(33)47)21-26-19-29(52-4)18-25-12-10-11-14-31(25)26/h8,10-14,18-19,27-28,30,32-34H,5-7,9,15-17,20-24H2,1-4H3,(H,41,49)(H,42,46)(H,43,48)/b13-8-/t27-,28-,32-,33+,34-,40+/m0/s1. The van der Waals surface area contributed by atoms with Crippen LogP contribution in [0.2, 0.25) is 0 Å². The van der Waals surface area contributed by atoms with Gasteiger partial charge in [0.05, 0.1) is 12.4 Å². The van der Waals surface area contributed by atoms with Crippen LogP contribution in [0.5, 0.6) is 5.75 Å². The van der Waals surface area contributed by atoms with E-state index in [1.165, 1.54) is 0 Å². The number of carbonyl (C=O) groups excluding carboxylic acids is 4. The summed E-state index contributed by atoms with van der Waals surface area (Å²) in [6, 6.07) is 10.3. The number of likely N-dealkylation sites (tertiary alicyclic amines) is 1. The number of alkyl carbamates (subject to hydrolysis) is 1. The number of nitrogens with zero attached hydrogens (tertiary/aromatic N) is 2. The number of sulfonamides is 1. The van der Waals surface area contributed by atoms with Gasteiger partial charge in [-0.05, 0) is 93.7 Å². The van der Waals surface area contributed by atoms with Crippen molar-refractivity contribution >= 4 is 44.6 Å². The Hall–Kier alpha value is -4.17. The lowest BCUT2D eigenvalue weighted by Crippen LogP contribution is -2.60. The Kier molecular flexibility index (Phi) is 10.5. The maximum Gasteiger partial charge on any atom is 0.408 e. The number of amides is 4. The molecule has 7 rings (SSSR count). The van der Waals surface area contributed by atoms with Crippen molar-refractivity contribution in [2.75, 3.05) is 26.7 Å². The minimum atomic E-state index is -3.87. The normalized spacial score (nSPS) is 29.9. The van der Waals surface area contributed by atoms with Gasteiger partial charge in [0.2, 0.25) is 21.8 Å². The van der Waals surface area contributed by atoms with Crippen LogP contribution in [-0.4, -0.2) is 97.3 Å². The van der Waals surface area contributed by atoms with E-state index in [1.54, 1.807) is 32.8 Å². The molecule has 0 radical (unpaired) electrons. The highest BCUT2D eigenvalue weighted by atomic mass is 32.2. The molecule has 14 heteroatoms. The third-order valence-electron chi connectivity index (χ3n) is 11.5. The monoisotopic (exact) mass is 763 g/mol. The molecule has 4 amide bonds. The second kappa shape index (κ2) is 14.8. The molecule has 2 aromatic rings. The van der Waals surface area contributed by atoms with Crippen LogP contribution in [0.15, 0.2) is 48.6 Å². The van der Waals surface area contributed by atoms with Gasteiger partial charge >= 0.3 is 6.09 Å². The zero-order chi connectivity index (χ0) is 38.4. The number of carbonyl (C=O) groups is 4. The zero-order valence-corrected chi connectivity index (χ0v) is 32.5. The van der Waals surface area contributed by atoms with Crippen LogP contribution >= 0.6 is 0 Å². The van der Waals surface area contributed by atoms with Gasteiger partial charge in [-0.3, -0.25) is 24.0 Å². The molecule has 5 aliphatic rings. The predicted molar refractivity (Wildman–Crippen MR) is 203 cm³/mol. The first-order chi connectivity index (χ1) is 25.7. The molecule has 4 fully saturated rings. The molecule has 0 aromatic heterocycles. The number of ether oxygens (including phenoxy) is 2. The van der Waals surface area contributed by atoms with Crippen LogP contribution in [0, 0.1) is 17.8 Å². The number of benzene rings is 2. The summed E-state index contributed by atoms with van der Waals surface area (Å²) in [5.41, 5.74) is -1.13. The maximum atomic E-state index is 14.7. The van der Waals surface area contributed by atoms with Crippen molar-refractivity contribution in [2.24, 2.45) is 17.8 Å². The Morgan fingerprint density at radius 1 is 1.02 bits per heavy atom. The number of allylic oxidation sites excluding steroid dienone is 1. The van der Waals surface area contributed by atoms with Crippen molar-refractivity contribution in [3.8, 4) is 5.75 Å². The van der Waals surface area contributed by atoms with Crippen molar-refractivity contribution < 1.29 is 37.1 Å². The number of fused-ring (bicyclic) bond motifs is 5. The molecule has 3 heterocycles. The fourth-order valence-electron chi connectivity index (χ4n) is 8.59. The molecule has 0 bridgehead atoms. The topological polar surface area (TPSA) is 163 Å². The third-order valence-corrected chi connectivity index (χ3v) is 13.3. The summed E-state index contributed by atoms with van der Waals surface area (Å²) in [5, 5.41) is 7.39. The average Bonchev–Trinajstić information content (AvgIpc) is 4.01. The van der Waals surface area contributed by atoms with Crippen LogP contribution < -0.4 is 20.1 Å². The molecule has 2 aromatic carbocycles. The fraction of sp³-hybridized carbons (Fsp3) is 0.600. The van der Waals surface area contributed by atoms with Crippen molar-refractivity contribution in [1.82, 2.24) is 25.2 Å². The van der Waals surface area contributed by atoms with E-state index in [0.717, 1.165) is 41.3 Å².